The van der Waals surface area contributed by atoms with Crippen LogP contribution in [0.1, 0.15) is 0 Å². The third kappa shape index (κ3) is 2.54. The van der Waals surface area contributed by atoms with E-state index in [0.717, 1.165) is 31.2 Å². The van der Waals surface area contributed by atoms with E-state index in [2.05, 4.69) is 34.2 Å². The Hall–Kier alpha value is -1.75. The average molecular weight is 343 g/mol. The van der Waals surface area contributed by atoms with Gasteiger partial charge in [0.15, 0.2) is 4.96 Å². The van der Waals surface area contributed by atoms with E-state index in [9.17, 15) is 0 Å². The number of hydrogen-bond acceptors (Lipinski definition) is 3. The minimum Gasteiger partial charge on any atom is -0.284 e. The Bertz CT molecular complexity index is 928. The van der Waals surface area contributed by atoms with E-state index in [1.165, 1.54) is 0 Å². The van der Waals surface area contributed by atoms with Crippen molar-refractivity contribution in [3.63, 3.8) is 0 Å². The van der Waals surface area contributed by atoms with Crippen molar-refractivity contribution in [1.82, 2.24) is 9.38 Å². The first kappa shape index (κ1) is 13.9. The summed E-state index contributed by atoms with van der Waals surface area (Å²) in [6.07, 6.45) is 2.06. The van der Waals surface area contributed by atoms with Crippen molar-refractivity contribution in [3.05, 3.63) is 71.2 Å². The Morgan fingerprint density at radius 2 is 1.91 bits per heavy atom. The fraction of sp³-hybridized carbons (Fsp3) is 0. The number of nitrogens with zero attached hydrogens (tertiary/aromatic N) is 2. The maximum Gasteiger partial charge on any atom is 0.195 e. The van der Waals surface area contributed by atoms with Gasteiger partial charge in [-0.25, -0.2) is 4.98 Å². The minimum atomic E-state index is 0.748. The standard InChI is InChI=1S/C17H11ClN2S2/c18-13-7-4-8-14(11-13)22-16-15(12-5-2-1-3-6-12)19-17-20(16)9-10-21-17/h1-11H. The summed E-state index contributed by atoms with van der Waals surface area (Å²) >= 11 is 9.44. The largest absolute Gasteiger partial charge is 0.284 e. The molecule has 2 aromatic heterocycles. The Labute approximate surface area is 141 Å². The van der Waals surface area contributed by atoms with Crippen LogP contribution in [-0.2, 0) is 0 Å². The second-order valence-corrected chi connectivity index (χ2v) is 7.12. The molecule has 0 aliphatic heterocycles. The zero-order valence-corrected chi connectivity index (χ0v) is 13.8. The molecule has 2 heterocycles. The fourth-order valence-electron chi connectivity index (χ4n) is 2.29. The second kappa shape index (κ2) is 5.80. The number of halogens is 1. The number of hydrogen-bond donors (Lipinski definition) is 0. The van der Waals surface area contributed by atoms with Crippen LogP contribution in [-0.4, -0.2) is 9.38 Å². The molecule has 0 saturated carbocycles. The van der Waals surface area contributed by atoms with Crippen LogP contribution in [0.2, 0.25) is 5.02 Å². The quantitative estimate of drug-likeness (QED) is 0.463. The maximum absolute atomic E-state index is 6.11. The average Bonchev–Trinajstić information content (AvgIpc) is 3.11. The Morgan fingerprint density at radius 1 is 1.05 bits per heavy atom. The zero-order valence-electron chi connectivity index (χ0n) is 11.4. The van der Waals surface area contributed by atoms with Crippen LogP contribution in [0.5, 0.6) is 0 Å². The van der Waals surface area contributed by atoms with Crippen molar-refractivity contribution in [3.8, 4) is 11.3 Å². The van der Waals surface area contributed by atoms with Crippen molar-refractivity contribution >= 4 is 39.7 Å². The maximum atomic E-state index is 6.11. The Kier molecular flexibility index (Phi) is 3.66. The molecule has 108 valence electrons. The molecule has 0 fully saturated rings. The van der Waals surface area contributed by atoms with Gasteiger partial charge in [-0.05, 0) is 18.2 Å². The van der Waals surface area contributed by atoms with Crippen molar-refractivity contribution in [2.24, 2.45) is 0 Å². The van der Waals surface area contributed by atoms with Gasteiger partial charge in [0, 0.05) is 27.1 Å². The summed E-state index contributed by atoms with van der Waals surface area (Å²) in [4.78, 5) is 6.90. The normalized spacial score (nSPS) is 11.1. The number of benzene rings is 2. The van der Waals surface area contributed by atoms with Gasteiger partial charge in [-0.2, -0.15) is 0 Å². The molecular weight excluding hydrogens is 332 g/mol. The van der Waals surface area contributed by atoms with Gasteiger partial charge in [0.25, 0.3) is 0 Å². The van der Waals surface area contributed by atoms with Crippen molar-refractivity contribution in [2.45, 2.75) is 9.92 Å². The van der Waals surface area contributed by atoms with Gasteiger partial charge in [0.1, 0.15) is 10.7 Å². The second-order valence-electron chi connectivity index (χ2n) is 4.75. The molecule has 0 radical (unpaired) electrons. The zero-order chi connectivity index (χ0) is 14.9. The fourth-order valence-corrected chi connectivity index (χ4v) is 4.38. The lowest BCUT2D eigenvalue weighted by Crippen LogP contribution is -1.84. The predicted molar refractivity (Wildman–Crippen MR) is 94.1 cm³/mol. The minimum absolute atomic E-state index is 0.748. The van der Waals surface area contributed by atoms with E-state index in [0.29, 0.717) is 0 Å². The molecule has 0 atom stereocenters. The molecule has 4 rings (SSSR count). The molecule has 0 unspecified atom stereocenters. The van der Waals surface area contributed by atoms with Gasteiger partial charge < -0.3 is 0 Å². The van der Waals surface area contributed by atoms with Crippen LogP contribution in [0.4, 0.5) is 0 Å². The summed E-state index contributed by atoms with van der Waals surface area (Å²) in [7, 11) is 0. The number of fused-ring (bicyclic) bond motifs is 1. The highest BCUT2D eigenvalue weighted by Crippen LogP contribution is 2.38. The predicted octanol–water partition coefficient (Wildman–Crippen LogP) is 5.87. The third-order valence-corrected chi connectivity index (χ3v) is 5.34. The van der Waals surface area contributed by atoms with Crippen LogP contribution in [0.25, 0.3) is 16.2 Å². The Balaban J connectivity index is 1.86. The Morgan fingerprint density at radius 3 is 2.73 bits per heavy atom. The summed E-state index contributed by atoms with van der Waals surface area (Å²) in [5.74, 6) is 0. The molecule has 0 N–H and O–H groups in total. The lowest BCUT2D eigenvalue weighted by molar-refractivity contribution is 1.07. The molecule has 5 heteroatoms. The molecule has 0 saturated heterocycles. The van der Waals surface area contributed by atoms with Crippen molar-refractivity contribution < 1.29 is 0 Å². The first-order valence-electron chi connectivity index (χ1n) is 6.76. The van der Waals surface area contributed by atoms with Gasteiger partial charge in [0.05, 0.1) is 0 Å². The van der Waals surface area contributed by atoms with E-state index in [-0.39, 0.29) is 0 Å². The van der Waals surface area contributed by atoms with Gasteiger partial charge in [-0.1, -0.05) is 59.8 Å². The lowest BCUT2D eigenvalue weighted by Gasteiger charge is -2.05. The molecule has 0 aliphatic carbocycles. The molecule has 0 spiro atoms. The van der Waals surface area contributed by atoms with E-state index in [4.69, 9.17) is 16.6 Å². The lowest BCUT2D eigenvalue weighted by atomic mass is 10.2. The molecule has 22 heavy (non-hydrogen) atoms. The highest BCUT2D eigenvalue weighted by atomic mass is 35.5. The van der Waals surface area contributed by atoms with E-state index in [1.807, 2.05) is 36.4 Å². The molecular formula is C17H11ClN2S2. The number of imidazole rings is 1. The van der Waals surface area contributed by atoms with Crippen molar-refractivity contribution in [2.75, 3.05) is 0 Å². The first-order chi connectivity index (χ1) is 10.8. The SMILES string of the molecule is Clc1cccc(Sc2c(-c3ccccc3)nc3sccn23)c1. The summed E-state index contributed by atoms with van der Waals surface area (Å²) in [5, 5.41) is 3.92. The first-order valence-corrected chi connectivity index (χ1v) is 8.83. The van der Waals surface area contributed by atoms with E-state index >= 15 is 0 Å². The highest BCUT2D eigenvalue weighted by molar-refractivity contribution is 7.99. The smallest absolute Gasteiger partial charge is 0.195 e. The van der Waals surface area contributed by atoms with Crippen LogP contribution in [0.3, 0.4) is 0 Å². The molecule has 0 amide bonds. The van der Waals surface area contributed by atoms with Gasteiger partial charge >= 0.3 is 0 Å². The third-order valence-electron chi connectivity index (χ3n) is 3.28. The number of rotatable bonds is 3. The molecule has 4 aromatic rings. The van der Waals surface area contributed by atoms with E-state index in [1.54, 1.807) is 23.1 Å². The van der Waals surface area contributed by atoms with Crippen LogP contribution < -0.4 is 0 Å². The van der Waals surface area contributed by atoms with Gasteiger partial charge in [0.2, 0.25) is 0 Å². The molecule has 0 bridgehead atoms. The van der Waals surface area contributed by atoms with Crippen LogP contribution >= 0.6 is 34.7 Å². The summed E-state index contributed by atoms with van der Waals surface area (Å²) in [6.45, 7) is 0. The summed E-state index contributed by atoms with van der Waals surface area (Å²) in [5.41, 5.74) is 2.14. The van der Waals surface area contributed by atoms with Gasteiger partial charge in [-0.3, -0.25) is 4.40 Å². The van der Waals surface area contributed by atoms with Crippen LogP contribution in [0.15, 0.2) is 76.1 Å². The topological polar surface area (TPSA) is 17.3 Å². The molecule has 2 nitrogen and oxygen atoms in total. The molecule has 0 aliphatic rings. The summed E-state index contributed by atoms with van der Waals surface area (Å²) in [6, 6.07) is 18.2. The van der Waals surface area contributed by atoms with Crippen LogP contribution in [0, 0.1) is 0 Å². The summed E-state index contributed by atoms with van der Waals surface area (Å²) < 4.78 is 2.14. The van der Waals surface area contributed by atoms with Gasteiger partial charge in [-0.15, -0.1) is 11.3 Å². The highest BCUT2D eigenvalue weighted by Gasteiger charge is 2.16. The number of thiazole rings is 1. The number of aromatic nitrogens is 2. The monoisotopic (exact) mass is 342 g/mol. The van der Waals surface area contributed by atoms with Crippen molar-refractivity contribution in [1.29, 1.82) is 0 Å². The molecule has 2 aromatic carbocycles. The van der Waals surface area contributed by atoms with E-state index < -0.39 is 0 Å².